The molecule has 0 aromatic carbocycles. The highest BCUT2D eigenvalue weighted by Gasteiger charge is 2.20. The molecule has 1 aliphatic carbocycles. The second-order valence-corrected chi connectivity index (χ2v) is 2.40. The van der Waals surface area contributed by atoms with E-state index in [1.165, 1.54) is 20.0 Å². The molecule has 1 atom stereocenters. The molecular formula is C6H7BF2. The molecule has 1 aliphatic rings. The van der Waals surface area contributed by atoms with Crippen LogP contribution in [0.2, 0.25) is 0 Å². The average Bonchev–Trinajstić information content (AvgIpc) is 1.78. The Balaban J connectivity index is 2.70. The first kappa shape index (κ1) is 6.52. The van der Waals surface area contributed by atoms with Crippen molar-refractivity contribution in [2.24, 2.45) is 0 Å². The van der Waals surface area contributed by atoms with Crippen LogP contribution in [0.25, 0.3) is 0 Å². The van der Waals surface area contributed by atoms with Crippen molar-refractivity contribution in [3.05, 3.63) is 24.1 Å². The van der Waals surface area contributed by atoms with E-state index in [0.717, 1.165) is 6.08 Å². The number of halogens is 2. The molecule has 0 N–H and O–H groups in total. The van der Waals surface area contributed by atoms with Gasteiger partial charge in [0.25, 0.3) is 0 Å². The maximum atomic E-state index is 12.7. The summed E-state index contributed by atoms with van der Waals surface area (Å²) in [6.45, 7) is 0. The Morgan fingerprint density at radius 2 is 2.33 bits per heavy atom. The van der Waals surface area contributed by atoms with E-state index in [1.807, 2.05) is 0 Å². The highest BCUT2D eigenvalue weighted by atomic mass is 19.1. The molecule has 0 nitrogen and oxygen atoms in total. The minimum absolute atomic E-state index is 0.148. The molecule has 0 aliphatic heterocycles. The van der Waals surface area contributed by atoms with Crippen LogP contribution < -0.4 is 0 Å². The molecule has 0 radical (unpaired) electrons. The molecule has 48 valence electrons. The molecule has 0 bridgehead atoms. The van der Waals surface area contributed by atoms with Crippen molar-refractivity contribution in [2.75, 3.05) is 0 Å². The van der Waals surface area contributed by atoms with Gasteiger partial charge < -0.3 is 0 Å². The van der Waals surface area contributed by atoms with Crippen molar-refractivity contribution in [1.29, 1.82) is 0 Å². The summed E-state index contributed by atoms with van der Waals surface area (Å²) in [5.74, 6) is -0.342. The lowest BCUT2D eigenvalue weighted by Gasteiger charge is -2.15. The zero-order valence-corrected chi connectivity index (χ0v) is 5.20. The third kappa shape index (κ3) is 1.66. The number of hydrogen-bond donors (Lipinski definition) is 0. The first-order valence-electron chi connectivity index (χ1n) is 2.84. The van der Waals surface area contributed by atoms with E-state index in [9.17, 15) is 8.78 Å². The Morgan fingerprint density at radius 3 is 2.67 bits per heavy atom. The molecule has 1 rings (SSSR count). The third-order valence-corrected chi connectivity index (χ3v) is 1.29. The van der Waals surface area contributed by atoms with Gasteiger partial charge in [-0.3, -0.25) is 0 Å². The van der Waals surface area contributed by atoms with Crippen molar-refractivity contribution >= 4 is 7.85 Å². The monoisotopic (exact) mass is 128 g/mol. The Bertz CT molecular complexity index is 170. The fraction of sp³-hybridized carbons (Fsp3) is 0.333. The van der Waals surface area contributed by atoms with Crippen molar-refractivity contribution in [3.8, 4) is 0 Å². The number of allylic oxidation sites excluding steroid dienone is 4. The topological polar surface area (TPSA) is 0 Å². The highest BCUT2D eigenvalue weighted by molar-refractivity contribution is 6.16. The Kier molecular flexibility index (Phi) is 1.43. The van der Waals surface area contributed by atoms with Gasteiger partial charge in [-0.2, -0.15) is 0 Å². The molecule has 0 heterocycles. The van der Waals surface area contributed by atoms with Crippen molar-refractivity contribution in [2.45, 2.75) is 12.0 Å². The highest BCUT2D eigenvalue weighted by Crippen LogP contribution is 2.21. The second-order valence-electron chi connectivity index (χ2n) is 2.40. The zero-order chi connectivity index (χ0) is 6.91. The lowest BCUT2D eigenvalue weighted by atomic mass is 9.78. The average molecular weight is 128 g/mol. The summed E-state index contributed by atoms with van der Waals surface area (Å²) >= 11 is 0. The van der Waals surface area contributed by atoms with Crippen LogP contribution in [0, 0.1) is 0 Å². The van der Waals surface area contributed by atoms with E-state index >= 15 is 0 Å². The maximum Gasteiger partial charge on any atom is 0.155 e. The maximum absolute atomic E-state index is 12.7. The van der Waals surface area contributed by atoms with Gasteiger partial charge in [0.05, 0.1) is 5.57 Å². The normalized spacial score (nSPS) is 34.2. The van der Waals surface area contributed by atoms with Crippen molar-refractivity contribution in [1.82, 2.24) is 0 Å². The summed E-state index contributed by atoms with van der Waals surface area (Å²) in [6.07, 6.45) is 3.79. The van der Waals surface area contributed by atoms with E-state index in [2.05, 4.69) is 0 Å². The lowest BCUT2D eigenvalue weighted by molar-refractivity contribution is 0.342. The van der Waals surface area contributed by atoms with Gasteiger partial charge in [-0.15, -0.1) is 0 Å². The molecule has 0 saturated heterocycles. The minimum atomic E-state index is -1.34. The van der Waals surface area contributed by atoms with E-state index in [1.54, 1.807) is 0 Å². The van der Waals surface area contributed by atoms with Gasteiger partial charge in [0, 0.05) is 0 Å². The fourth-order valence-corrected chi connectivity index (χ4v) is 0.687. The van der Waals surface area contributed by atoms with Gasteiger partial charge in [-0.05, 0) is 18.6 Å². The van der Waals surface area contributed by atoms with E-state index < -0.39 is 5.57 Å². The van der Waals surface area contributed by atoms with Gasteiger partial charge >= 0.3 is 0 Å². The van der Waals surface area contributed by atoms with Gasteiger partial charge in [-0.25, -0.2) is 8.78 Å². The predicted octanol–water partition coefficient (Wildman–Crippen LogP) is 1.10. The molecule has 0 spiro atoms. The molecule has 0 aromatic rings. The Morgan fingerprint density at radius 1 is 1.67 bits per heavy atom. The smallest absolute Gasteiger partial charge is 0.155 e. The summed E-state index contributed by atoms with van der Waals surface area (Å²) in [7, 11) is 1.42. The van der Waals surface area contributed by atoms with Gasteiger partial charge in [0.1, 0.15) is 5.83 Å². The lowest BCUT2D eigenvalue weighted by Crippen LogP contribution is -2.20. The molecule has 9 heavy (non-hydrogen) atoms. The van der Waals surface area contributed by atoms with Crippen molar-refractivity contribution in [3.63, 3.8) is 0 Å². The van der Waals surface area contributed by atoms with Gasteiger partial charge in [-0.1, -0.05) is 6.08 Å². The summed E-state index contributed by atoms with van der Waals surface area (Å²) in [5.41, 5.74) is -1.34. The number of alkyl halides is 1. The quantitative estimate of drug-likeness (QED) is 0.428. The molecule has 0 amide bonds. The first-order valence-corrected chi connectivity index (χ1v) is 2.84. The number of hydrogen-bond acceptors (Lipinski definition) is 0. The summed E-state index contributed by atoms with van der Waals surface area (Å²) in [6, 6.07) is 0. The van der Waals surface area contributed by atoms with Gasteiger partial charge in [0.15, 0.2) is 7.85 Å². The first-order chi connectivity index (χ1) is 4.10. The van der Waals surface area contributed by atoms with Crippen molar-refractivity contribution < 1.29 is 8.78 Å². The summed E-state index contributed by atoms with van der Waals surface area (Å²) in [5, 5.41) is 0. The molecular weight excluding hydrogens is 121 g/mol. The third-order valence-electron chi connectivity index (χ3n) is 1.29. The molecule has 0 fully saturated rings. The predicted molar refractivity (Wildman–Crippen MR) is 35.3 cm³/mol. The second kappa shape index (κ2) is 1.97. The van der Waals surface area contributed by atoms with Crippen LogP contribution in [-0.2, 0) is 0 Å². The SMILES string of the molecule is BC1(F)C=CC(F)=CC1. The standard InChI is InChI=1S/C6H7BF2/c7-6(9)3-1-5(8)2-4-6/h1-3H,4,7H2. The minimum Gasteiger partial charge on any atom is -0.249 e. The summed E-state index contributed by atoms with van der Waals surface area (Å²) < 4.78 is 24.9. The zero-order valence-electron chi connectivity index (χ0n) is 5.20. The van der Waals surface area contributed by atoms with Crippen LogP contribution in [0.1, 0.15) is 6.42 Å². The van der Waals surface area contributed by atoms with E-state index in [4.69, 9.17) is 0 Å². The molecule has 1 unspecified atom stereocenters. The van der Waals surface area contributed by atoms with Gasteiger partial charge in [0.2, 0.25) is 0 Å². The Hall–Kier alpha value is -0.595. The summed E-state index contributed by atoms with van der Waals surface area (Å²) in [4.78, 5) is 0. The molecule has 3 heteroatoms. The van der Waals surface area contributed by atoms with Crippen LogP contribution >= 0.6 is 0 Å². The fourth-order valence-electron chi connectivity index (χ4n) is 0.687. The van der Waals surface area contributed by atoms with E-state index in [0.29, 0.717) is 0 Å². The molecule has 0 saturated carbocycles. The number of rotatable bonds is 0. The Labute approximate surface area is 53.7 Å². The van der Waals surface area contributed by atoms with Crippen LogP contribution in [0.5, 0.6) is 0 Å². The largest absolute Gasteiger partial charge is 0.249 e. The van der Waals surface area contributed by atoms with Crippen LogP contribution in [0.4, 0.5) is 8.78 Å². The van der Waals surface area contributed by atoms with E-state index in [-0.39, 0.29) is 12.2 Å². The van der Waals surface area contributed by atoms with Crippen LogP contribution in [0.3, 0.4) is 0 Å². The van der Waals surface area contributed by atoms with Crippen LogP contribution in [0.15, 0.2) is 24.1 Å². The molecule has 0 aromatic heterocycles. The van der Waals surface area contributed by atoms with Crippen LogP contribution in [-0.4, -0.2) is 13.4 Å².